The van der Waals surface area contributed by atoms with Crippen molar-refractivity contribution in [3.63, 3.8) is 0 Å². The Morgan fingerprint density at radius 3 is 2.56 bits per heavy atom. The molecule has 2 rings (SSSR count). The average molecular weight is 408 g/mol. The molecule has 0 aliphatic carbocycles. The molecule has 0 aromatic heterocycles. The molecule has 0 saturated carbocycles. The SMILES string of the molecule is CC[C@@H](C)/C(C)=N\NC(=O)c1cccc(S(=O)(=O)Nc2ccccc2Cl)c1. The molecule has 0 radical (unpaired) electrons. The van der Waals surface area contributed by atoms with Crippen molar-refractivity contribution in [2.45, 2.75) is 32.1 Å². The highest BCUT2D eigenvalue weighted by Crippen LogP contribution is 2.24. The number of carbonyl (C=O) groups excluding carboxylic acids is 1. The van der Waals surface area contributed by atoms with E-state index in [2.05, 4.69) is 15.2 Å². The van der Waals surface area contributed by atoms with Gasteiger partial charge in [0.2, 0.25) is 0 Å². The Labute approximate surface area is 164 Å². The predicted molar refractivity (Wildman–Crippen MR) is 109 cm³/mol. The van der Waals surface area contributed by atoms with Gasteiger partial charge in [-0.1, -0.05) is 43.6 Å². The maximum atomic E-state index is 12.6. The van der Waals surface area contributed by atoms with Gasteiger partial charge in [-0.05, 0) is 49.6 Å². The van der Waals surface area contributed by atoms with Crippen LogP contribution in [0, 0.1) is 5.92 Å². The van der Waals surface area contributed by atoms with E-state index in [1.165, 1.54) is 24.3 Å². The maximum absolute atomic E-state index is 12.6. The fraction of sp³-hybridized carbons (Fsp3) is 0.263. The lowest BCUT2D eigenvalue weighted by Crippen LogP contribution is -2.21. The molecular formula is C19H22ClN3O3S. The molecule has 0 spiro atoms. The first-order chi connectivity index (χ1) is 12.7. The molecule has 27 heavy (non-hydrogen) atoms. The first-order valence-corrected chi connectivity index (χ1v) is 10.3. The largest absolute Gasteiger partial charge is 0.278 e. The number of anilines is 1. The van der Waals surface area contributed by atoms with Crippen LogP contribution < -0.4 is 10.1 Å². The molecule has 0 fully saturated rings. The normalized spacial score (nSPS) is 13.1. The third-order valence-corrected chi connectivity index (χ3v) is 5.88. The van der Waals surface area contributed by atoms with Gasteiger partial charge in [-0.3, -0.25) is 9.52 Å². The molecule has 2 N–H and O–H groups in total. The lowest BCUT2D eigenvalue weighted by atomic mass is 10.1. The quantitative estimate of drug-likeness (QED) is 0.530. The van der Waals surface area contributed by atoms with E-state index in [9.17, 15) is 13.2 Å². The molecule has 0 aliphatic rings. The van der Waals surface area contributed by atoms with Crippen molar-refractivity contribution in [3.8, 4) is 0 Å². The summed E-state index contributed by atoms with van der Waals surface area (Å²) in [6, 6.07) is 12.2. The van der Waals surface area contributed by atoms with Gasteiger partial charge in [0, 0.05) is 11.3 Å². The van der Waals surface area contributed by atoms with Gasteiger partial charge in [0.05, 0.1) is 15.6 Å². The van der Waals surface area contributed by atoms with E-state index < -0.39 is 15.9 Å². The average Bonchev–Trinajstić information content (AvgIpc) is 2.66. The Morgan fingerprint density at radius 1 is 1.19 bits per heavy atom. The number of nitrogens with zero attached hydrogens (tertiary/aromatic N) is 1. The zero-order valence-electron chi connectivity index (χ0n) is 15.4. The van der Waals surface area contributed by atoms with Crippen LogP contribution in [0.15, 0.2) is 58.5 Å². The number of para-hydroxylation sites is 1. The molecule has 1 atom stereocenters. The van der Waals surface area contributed by atoms with E-state index in [4.69, 9.17) is 11.6 Å². The van der Waals surface area contributed by atoms with E-state index in [1.54, 1.807) is 24.3 Å². The van der Waals surface area contributed by atoms with Crippen LogP contribution in [-0.4, -0.2) is 20.0 Å². The van der Waals surface area contributed by atoms with Crippen molar-refractivity contribution >= 4 is 38.9 Å². The van der Waals surface area contributed by atoms with Crippen LogP contribution >= 0.6 is 11.6 Å². The van der Waals surface area contributed by atoms with Crippen LogP contribution in [0.4, 0.5) is 5.69 Å². The molecule has 144 valence electrons. The summed E-state index contributed by atoms with van der Waals surface area (Å²) in [5, 5.41) is 4.36. The second kappa shape index (κ2) is 9.01. The molecule has 0 bridgehead atoms. The van der Waals surface area contributed by atoms with Crippen molar-refractivity contribution in [1.82, 2.24) is 5.43 Å². The molecule has 2 aromatic carbocycles. The number of sulfonamides is 1. The highest BCUT2D eigenvalue weighted by Gasteiger charge is 2.17. The van der Waals surface area contributed by atoms with Gasteiger partial charge in [-0.15, -0.1) is 0 Å². The standard InChI is InChI=1S/C19H22ClN3O3S/c1-4-13(2)14(3)21-22-19(24)15-8-7-9-16(12-15)27(25,26)23-18-11-6-5-10-17(18)20/h5-13,23H,4H2,1-3H3,(H,22,24)/b21-14-/t13-/m1/s1. The topological polar surface area (TPSA) is 87.6 Å². The third-order valence-electron chi connectivity index (χ3n) is 4.18. The summed E-state index contributed by atoms with van der Waals surface area (Å²) in [4.78, 5) is 12.3. The molecule has 8 heteroatoms. The van der Waals surface area contributed by atoms with Crippen LogP contribution in [0.5, 0.6) is 0 Å². The van der Waals surface area contributed by atoms with Crippen molar-refractivity contribution in [2.75, 3.05) is 4.72 Å². The number of carbonyl (C=O) groups is 1. The molecule has 0 saturated heterocycles. The first kappa shape index (κ1) is 20.9. The minimum atomic E-state index is -3.89. The van der Waals surface area contributed by atoms with Gasteiger partial charge in [-0.2, -0.15) is 5.10 Å². The Bertz CT molecular complexity index is 958. The summed E-state index contributed by atoms with van der Waals surface area (Å²) in [7, 11) is -3.89. The fourth-order valence-corrected chi connectivity index (χ4v) is 3.53. The highest BCUT2D eigenvalue weighted by atomic mass is 35.5. The van der Waals surface area contributed by atoms with Gasteiger partial charge in [-0.25, -0.2) is 13.8 Å². The van der Waals surface area contributed by atoms with E-state index in [-0.39, 0.29) is 27.1 Å². The van der Waals surface area contributed by atoms with Crippen LogP contribution in [-0.2, 0) is 10.0 Å². The Hall–Kier alpha value is -2.38. The van der Waals surface area contributed by atoms with Crippen LogP contribution in [0.2, 0.25) is 5.02 Å². The van der Waals surface area contributed by atoms with E-state index in [0.29, 0.717) is 0 Å². The smallest absolute Gasteiger partial charge is 0.271 e. The van der Waals surface area contributed by atoms with Gasteiger partial charge in [0.25, 0.3) is 15.9 Å². The van der Waals surface area contributed by atoms with Crippen LogP contribution in [0.3, 0.4) is 0 Å². The number of hydrogen-bond donors (Lipinski definition) is 2. The minimum Gasteiger partial charge on any atom is -0.278 e. The number of halogens is 1. The second-order valence-electron chi connectivity index (χ2n) is 6.12. The summed E-state index contributed by atoms with van der Waals surface area (Å²) in [5.41, 5.74) is 3.72. The summed E-state index contributed by atoms with van der Waals surface area (Å²) >= 11 is 6.00. The molecule has 0 aliphatic heterocycles. The van der Waals surface area contributed by atoms with Gasteiger partial charge < -0.3 is 0 Å². The molecular weight excluding hydrogens is 386 g/mol. The lowest BCUT2D eigenvalue weighted by Gasteiger charge is -2.11. The van der Waals surface area contributed by atoms with Crippen molar-refractivity contribution in [1.29, 1.82) is 0 Å². The van der Waals surface area contributed by atoms with Crippen LogP contribution in [0.25, 0.3) is 0 Å². The van der Waals surface area contributed by atoms with Crippen molar-refractivity contribution < 1.29 is 13.2 Å². The number of hydrazone groups is 1. The number of nitrogens with one attached hydrogen (secondary N) is 2. The van der Waals surface area contributed by atoms with Gasteiger partial charge in [0.15, 0.2) is 0 Å². The summed E-state index contributed by atoms with van der Waals surface area (Å²) in [6.45, 7) is 5.88. The lowest BCUT2D eigenvalue weighted by molar-refractivity contribution is 0.0954. The van der Waals surface area contributed by atoms with Gasteiger partial charge >= 0.3 is 0 Å². The van der Waals surface area contributed by atoms with Crippen molar-refractivity contribution in [2.24, 2.45) is 11.0 Å². The minimum absolute atomic E-state index is 0.0438. The highest BCUT2D eigenvalue weighted by molar-refractivity contribution is 7.92. The molecule has 1 amide bonds. The first-order valence-electron chi connectivity index (χ1n) is 8.46. The molecule has 2 aromatic rings. The Morgan fingerprint density at radius 2 is 1.89 bits per heavy atom. The van der Waals surface area contributed by atoms with Crippen LogP contribution in [0.1, 0.15) is 37.6 Å². The number of rotatable bonds is 7. The summed E-state index contributed by atoms with van der Waals surface area (Å²) in [6.07, 6.45) is 0.909. The fourth-order valence-electron chi connectivity index (χ4n) is 2.16. The number of hydrogen-bond acceptors (Lipinski definition) is 4. The number of benzene rings is 2. The van der Waals surface area contributed by atoms with Gasteiger partial charge in [0.1, 0.15) is 0 Å². The molecule has 0 heterocycles. The zero-order chi connectivity index (χ0) is 20.0. The monoisotopic (exact) mass is 407 g/mol. The van der Waals surface area contributed by atoms with E-state index >= 15 is 0 Å². The second-order valence-corrected chi connectivity index (χ2v) is 8.21. The van der Waals surface area contributed by atoms with Crippen molar-refractivity contribution in [3.05, 3.63) is 59.1 Å². The number of amides is 1. The molecule has 0 unspecified atom stereocenters. The van der Waals surface area contributed by atoms with E-state index in [1.807, 2.05) is 20.8 Å². The Kier molecular flexibility index (Phi) is 6.98. The third kappa shape index (κ3) is 5.55. The zero-order valence-corrected chi connectivity index (χ0v) is 16.9. The summed E-state index contributed by atoms with van der Waals surface area (Å²) in [5.74, 6) is -0.232. The van der Waals surface area contributed by atoms with E-state index in [0.717, 1.165) is 12.1 Å². The molecule has 6 nitrogen and oxygen atoms in total. The summed E-state index contributed by atoms with van der Waals surface area (Å²) < 4.78 is 27.6. The predicted octanol–water partition coefficient (Wildman–Crippen LogP) is 4.29. The Balaban J connectivity index is 2.21. The maximum Gasteiger partial charge on any atom is 0.271 e.